The Morgan fingerprint density at radius 3 is 2.83 bits per heavy atom. The highest BCUT2D eigenvalue weighted by atomic mass is 35.5. The third kappa shape index (κ3) is 3.23. The van der Waals surface area contributed by atoms with Gasteiger partial charge in [-0.25, -0.2) is 24.3 Å². The van der Waals surface area contributed by atoms with E-state index in [-0.39, 0.29) is 22.7 Å². The summed E-state index contributed by atoms with van der Waals surface area (Å²) in [6, 6.07) is 5.12. The van der Waals surface area contributed by atoms with E-state index in [0.717, 1.165) is 36.9 Å². The van der Waals surface area contributed by atoms with Gasteiger partial charge in [-0.1, -0.05) is 23.3 Å². The number of benzene rings is 1. The largest absolute Gasteiger partial charge is 0.382 e. The fourth-order valence-electron chi connectivity index (χ4n) is 4.04. The number of halogens is 2. The Kier molecular flexibility index (Phi) is 4.51. The molecular formula is C21H19ClFN7. The summed E-state index contributed by atoms with van der Waals surface area (Å²) in [4.78, 5) is 16.9. The topological polar surface area (TPSA) is 109 Å². The van der Waals surface area contributed by atoms with Crippen LogP contribution >= 0.6 is 11.6 Å². The van der Waals surface area contributed by atoms with Gasteiger partial charge in [-0.05, 0) is 49.4 Å². The molecule has 152 valence electrons. The first kappa shape index (κ1) is 18.7. The van der Waals surface area contributed by atoms with Crippen LogP contribution in [0.3, 0.4) is 0 Å². The average molecular weight is 424 g/mol. The molecule has 0 bridgehead atoms. The second-order valence-electron chi connectivity index (χ2n) is 7.51. The van der Waals surface area contributed by atoms with Crippen molar-refractivity contribution < 1.29 is 4.39 Å². The molecule has 1 aliphatic rings. The second-order valence-corrected chi connectivity index (χ2v) is 7.92. The second kappa shape index (κ2) is 7.21. The van der Waals surface area contributed by atoms with E-state index >= 15 is 0 Å². The van der Waals surface area contributed by atoms with E-state index in [0.29, 0.717) is 22.2 Å². The zero-order valence-electron chi connectivity index (χ0n) is 16.0. The molecule has 1 aromatic carbocycles. The number of anilines is 2. The van der Waals surface area contributed by atoms with Gasteiger partial charge in [0.05, 0.1) is 22.9 Å². The molecule has 5 rings (SSSR count). The van der Waals surface area contributed by atoms with Gasteiger partial charge in [-0.2, -0.15) is 0 Å². The normalized spacial score (nSPS) is 16.5. The van der Waals surface area contributed by atoms with E-state index in [1.165, 1.54) is 18.0 Å². The van der Waals surface area contributed by atoms with Crippen LogP contribution in [-0.2, 0) is 6.42 Å². The van der Waals surface area contributed by atoms with Gasteiger partial charge >= 0.3 is 0 Å². The lowest BCUT2D eigenvalue weighted by Crippen LogP contribution is -2.03. The van der Waals surface area contributed by atoms with Gasteiger partial charge in [0.25, 0.3) is 0 Å². The number of nitrogens with zero attached hydrogens (tertiary/aromatic N) is 5. The molecule has 30 heavy (non-hydrogen) atoms. The molecule has 0 amide bonds. The van der Waals surface area contributed by atoms with E-state index in [2.05, 4.69) is 26.0 Å². The standard InChI is InChI=1S/C21H19ClFN7/c22-15-8-14-16(23)6-12(7-17(14)29-19(15)24)2-1-11-3-4-13(5-11)30-10-28-18-20(25)26-9-27-21(18)30/h5-10,13H,1-4H2,(H2,24,29)(H2,25,26,27). The summed E-state index contributed by atoms with van der Waals surface area (Å²) in [5.41, 5.74) is 15.7. The Balaban J connectivity index is 1.35. The molecule has 0 radical (unpaired) electrons. The lowest BCUT2D eigenvalue weighted by molar-refractivity contribution is 0.599. The third-order valence-corrected chi connectivity index (χ3v) is 5.90. The molecule has 4 N–H and O–H groups in total. The van der Waals surface area contributed by atoms with E-state index in [1.54, 1.807) is 12.4 Å². The number of aromatic nitrogens is 5. The molecular weight excluding hydrogens is 405 g/mol. The predicted octanol–water partition coefficient (Wildman–Crippen LogP) is 4.23. The smallest absolute Gasteiger partial charge is 0.165 e. The molecule has 0 spiro atoms. The summed E-state index contributed by atoms with van der Waals surface area (Å²) in [6.45, 7) is 0. The highest BCUT2D eigenvalue weighted by Crippen LogP contribution is 2.33. The van der Waals surface area contributed by atoms with Gasteiger partial charge in [-0.3, -0.25) is 0 Å². The Morgan fingerprint density at radius 1 is 1.10 bits per heavy atom. The molecule has 1 atom stereocenters. The number of nitrogen functional groups attached to an aromatic ring is 2. The monoisotopic (exact) mass is 423 g/mol. The van der Waals surface area contributed by atoms with Crippen molar-refractivity contribution in [1.82, 2.24) is 24.5 Å². The van der Waals surface area contributed by atoms with Crippen LogP contribution in [0.25, 0.3) is 22.1 Å². The highest BCUT2D eigenvalue weighted by molar-refractivity contribution is 6.33. The van der Waals surface area contributed by atoms with Crippen molar-refractivity contribution >= 4 is 45.3 Å². The highest BCUT2D eigenvalue weighted by Gasteiger charge is 2.20. The zero-order valence-corrected chi connectivity index (χ0v) is 16.8. The van der Waals surface area contributed by atoms with Gasteiger partial charge in [0, 0.05) is 5.39 Å². The third-order valence-electron chi connectivity index (χ3n) is 5.59. The summed E-state index contributed by atoms with van der Waals surface area (Å²) in [5.74, 6) is 0.256. The molecule has 1 unspecified atom stereocenters. The fraction of sp³-hybridized carbons (Fsp3) is 0.238. The van der Waals surface area contributed by atoms with Crippen LogP contribution in [-0.4, -0.2) is 24.5 Å². The van der Waals surface area contributed by atoms with Crippen molar-refractivity contribution in [2.75, 3.05) is 11.5 Å². The van der Waals surface area contributed by atoms with Gasteiger partial charge in [0.2, 0.25) is 0 Å². The number of rotatable bonds is 4. The maximum Gasteiger partial charge on any atom is 0.165 e. The first-order valence-corrected chi connectivity index (χ1v) is 10.0. The van der Waals surface area contributed by atoms with Crippen molar-refractivity contribution in [2.45, 2.75) is 31.7 Å². The van der Waals surface area contributed by atoms with Crippen molar-refractivity contribution in [3.8, 4) is 0 Å². The summed E-state index contributed by atoms with van der Waals surface area (Å²) in [7, 11) is 0. The van der Waals surface area contributed by atoms with Crippen molar-refractivity contribution in [3.05, 3.63) is 58.9 Å². The molecule has 0 aliphatic heterocycles. The van der Waals surface area contributed by atoms with Crippen LogP contribution in [0.5, 0.6) is 0 Å². The van der Waals surface area contributed by atoms with Gasteiger partial charge in [0.15, 0.2) is 11.5 Å². The first-order valence-electron chi connectivity index (χ1n) is 9.66. The minimum atomic E-state index is -0.336. The Hall–Kier alpha value is -3.26. The number of aryl methyl sites for hydroxylation is 1. The van der Waals surface area contributed by atoms with Crippen molar-refractivity contribution in [2.24, 2.45) is 0 Å². The van der Waals surface area contributed by atoms with Crippen LogP contribution in [0.15, 0.2) is 42.5 Å². The van der Waals surface area contributed by atoms with E-state index in [1.807, 2.05) is 10.6 Å². The molecule has 9 heteroatoms. The Bertz CT molecular complexity index is 1310. The summed E-state index contributed by atoms with van der Waals surface area (Å²) < 4.78 is 16.5. The number of pyridine rings is 1. The van der Waals surface area contributed by atoms with Crippen LogP contribution in [0.4, 0.5) is 16.0 Å². The summed E-state index contributed by atoms with van der Waals surface area (Å²) in [6.07, 6.45) is 8.96. The van der Waals surface area contributed by atoms with Crippen molar-refractivity contribution in [1.29, 1.82) is 0 Å². The maximum absolute atomic E-state index is 14.5. The fourth-order valence-corrected chi connectivity index (χ4v) is 4.19. The number of nitrogens with two attached hydrogens (primary N) is 2. The van der Waals surface area contributed by atoms with Crippen LogP contribution in [0, 0.1) is 5.82 Å². The molecule has 1 aliphatic carbocycles. The zero-order chi connectivity index (χ0) is 20.8. The van der Waals surface area contributed by atoms with Crippen LogP contribution in [0.1, 0.15) is 30.9 Å². The number of hydrogen-bond donors (Lipinski definition) is 2. The molecule has 7 nitrogen and oxygen atoms in total. The van der Waals surface area contributed by atoms with Gasteiger partial charge < -0.3 is 16.0 Å². The summed E-state index contributed by atoms with van der Waals surface area (Å²) in [5, 5.41) is 0.640. The predicted molar refractivity (Wildman–Crippen MR) is 116 cm³/mol. The molecule has 3 heterocycles. The molecule has 4 aromatic rings. The minimum absolute atomic E-state index is 0.177. The number of allylic oxidation sites excluding steroid dienone is 2. The molecule has 0 saturated carbocycles. The number of fused-ring (bicyclic) bond motifs is 2. The van der Waals surface area contributed by atoms with Gasteiger partial charge in [0.1, 0.15) is 23.5 Å². The molecule has 0 saturated heterocycles. The first-order chi connectivity index (χ1) is 14.5. The Morgan fingerprint density at radius 2 is 1.97 bits per heavy atom. The SMILES string of the molecule is Nc1nc2cc(CCC3=CC(n4cnc5c(N)ncnc54)CC3)cc(F)c2cc1Cl. The van der Waals surface area contributed by atoms with Crippen LogP contribution in [0.2, 0.25) is 5.02 Å². The molecule has 3 aromatic heterocycles. The van der Waals surface area contributed by atoms with E-state index in [9.17, 15) is 4.39 Å². The van der Waals surface area contributed by atoms with Gasteiger partial charge in [-0.15, -0.1) is 0 Å². The average Bonchev–Trinajstić information content (AvgIpc) is 3.35. The lowest BCUT2D eigenvalue weighted by atomic mass is 10.0. The maximum atomic E-state index is 14.5. The number of imidazole rings is 1. The minimum Gasteiger partial charge on any atom is -0.382 e. The molecule has 0 fully saturated rings. The summed E-state index contributed by atoms with van der Waals surface area (Å²) >= 11 is 5.96. The van der Waals surface area contributed by atoms with Crippen LogP contribution < -0.4 is 11.5 Å². The lowest BCUT2D eigenvalue weighted by Gasteiger charge is -2.09. The van der Waals surface area contributed by atoms with E-state index in [4.69, 9.17) is 23.1 Å². The van der Waals surface area contributed by atoms with Crippen molar-refractivity contribution in [3.63, 3.8) is 0 Å². The number of hydrogen-bond acceptors (Lipinski definition) is 6. The Labute approximate surface area is 176 Å². The van der Waals surface area contributed by atoms with E-state index < -0.39 is 0 Å². The quantitative estimate of drug-likeness (QED) is 0.475.